The third kappa shape index (κ3) is 4.65. The lowest BCUT2D eigenvalue weighted by Gasteiger charge is -2.34. The molecular formula is C19H20N2O5S. The molecule has 1 aliphatic heterocycles. The molecule has 0 unspecified atom stereocenters. The minimum atomic E-state index is -1.08. The first kappa shape index (κ1) is 18.9. The summed E-state index contributed by atoms with van der Waals surface area (Å²) < 4.78 is 5.12. The Morgan fingerprint density at radius 2 is 1.70 bits per heavy atom. The number of carboxylic acid groups (broad SMARTS) is 1. The fourth-order valence-corrected chi connectivity index (χ4v) is 3.70. The number of hydrogen-bond acceptors (Lipinski definition) is 5. The SMILES string of the molecule is Cc1ccc(C(=O)N2CCN(C(=O)c3cccc(OCC(=O)O)c3)CC2)s1. The van der Waals surface area contributed by atoms with E-state index in [0.29, 0.717) is 37.5 Å². The summed E-state index contributed by atoms with van der Waals surface area (Å²) in [5, 5.41) is 8.68. The Hall–Kier alpha value is -2.87. The molecule has 142 valence electrons. The molecule has 8 heteroatoms. The van der Waals surface area contributed by atoms with E-state index < -0.39 is 12.6 Å². The number of benzene rings is 1. The molecule has 0 radical (unpaired) electrons. The van der Waals surface area contributed by atoms with E-state index in [9.17, 15) is 14.4 Å². The molecule has 2 heterocycles. The van der Waals surface area contributed by atoms with Crippen LogP contribution in [0.2, 0.25) is 0 Å². The topological polar surface area (TPSA) is 87.2 Å². The quantitative estimate of drug-likeness (QED) is 0.848. The number of aliphatic carboxylic acids is 1. The first-order valence-electron chi connectivity index (χ1n) is 8.53. The van der Waals surface area contributed by atoms with Crippen LogP contribution in [0.15, 0.2) is 36.4 Å². The van der Waals surface area contributed by atoms with Gasteiger partial charge in [0, 0.05) is 36.6 Å². The van der Waals surface area contributed by atoms with Crippen molar-refractivity contribution in [1.29, 1.82) is 0 Å². The molecule has 3 rings (SSSR count). The van der Waals surface area contributed by atoms with Gasteiger partial charge in [-0.15, -0.1) is 11.3 Å². The largest absolute Gasteiger partial charge is 0.482 e. The number of ether oxygens (including phenoxy) is 1. The van der Waals surface area contributed by atoms with E-state index in [1.807, 2.05) is 19.1 Å². The number of piperazine rings is 1. The highest BCUT2D eigenvalue weighted by atomic mass is 32.1. The Balaban J connectivity index is 1.59. The van der Waals surface area contributed by atoms with Gasteiger partial charge >= 0.3 is 5.97 Å². The van der Waals surface area contributed by atoms with Crippen LogP contribution in [0.25, 0.3) is 0 Å². The van der Waals surface area contributed by atoms with Crippen LogP contribution in [-0.2, 0) is 4.79 Å². The number of rotatable bonds is 5. The van der Waals surface area contributed by atoms with Crippen molar-refractivity contribution in [2.24, 2.45) is 0 Å². The Kier molecular flexibility index (Phi) is 5.75. The van der Waals surface area contributed by atoms with Crippen molar-refractivity contribution in [2.45, 2.75) is 6.92 Å². The predicted molar refractivity (Wildman–Crippen MR) is 100 cm³/mol. The Morgan fingerprint density at radius 1 is 1.04 bits per heavy atom. The molecule has 0 spiro atoms. The van der Waals surface area contributed by atoms with E-state index in [1.54, 1.807) is 28.0 Å². The molecule has 0 atom stereocenters. The predicted octanol–water partition coefficient (Wildman–Crippen LogP) is 2.12. The van der Waals surface area contributed by atoms with E-state index in [2.05, 4.69) is 0 Å². The molecule has 1 aromatic heterocycles. The molecule has 2 aromatic rings. The zero-order chi connectivity index (χ0) is 19.4. The highest BCUT2D eigenvalue weighted by Crippen LogP contribution is 2.19. The third-order valence-electron chi connectivity index (χ3n) is 4.25. The second-order valence-corrected chi connectivity index (χ2v) is 7.49. The van der Waals surface area contributed by atoms with Gasteiger partial charge in [-0.25, -0.2) is 4.79 Å². The van der Waals surface area contributed by atoms with Gasteiger partial charge in [-0.2, -0.15) is 0 Å². The van der Waals surface area contributed by atoms with E-state index in [1.165, 1.54) is 17.4 Å². The van der Waals surface area contributed by atoms with Crippen LogP contribution in [-0.4, -0.2) is 65.5 Å². The van der Waals surface area contributed by atoms with Gasteiger partial charge in [0.2, 0.25) is 0 Å². The number of nitrogens with zero attached hydrogens (tertiary/aromatic N) is 2. The maximum Gasteiger partial charge on any atom is 0.341 e. The average Bonchev–Trinajstić information content (AvgIpc) is 3.12. The lowest BCUT2D eigenvalue weighted by atomic mass is 10.1. The smallest absolute Gasteiger partial charge is 0.341 e. The molecule has 1 N–H and O–H groups in total. The van der Waals surface area contributed by atoms with E-state index in [-0.39, 0.29) is 11.8 Å². The standard InChI is InChI=1S/C19H20N2O5S/c1-13-5-6-16(27-13)19(25)21-9-7-20(8-10-21)18(24)14-3-2-4-15(11-14)26-12-17(22)23/h2-6,11H,7-10,12H2,1H3,(H,22,23). The minimum absolute atomic E-state index is 0.00395. The summed E-state index contributed by atoms with van der Waals surface area (Å²) >= 11 is 1.47. The fraction of sp³-hybridized carbons (Fsp3) is 0.316. The molecule has 0 bridgehead atoms. The molecule has 7 nitrogen and oxygen atoms in total. The molecule has 1 aromatic carbocycles. The van der Waals surface area contributed by atoms with E-state index in [0.717, 1.165) is 9.75 Å². The zero-order valence-electron chi connectivity index (χ0n) is 14.9. The van der Waals surface area contributed by atoms with Crippen molar-refractivity contribution < 1.29 is 24.2 Å². The van der Waals surface area contributed by atoms with Crippen molar-refractivity contribution in [3.63, 3.8) is 0 Å². The third-order valence-corrected chi connectivity index (χ3v) is 5.24. The van der Waals surface area contributed by atoms with Crippen molar-refractivity contribution in [1.82, 2.24) is 9.80 Å². The van der Waals surface area contributed by atoms with Gasteiger partial charge in [0.1, 0.15) is 5.75 Å². The van der Waals surface area contributed by atoms with Gasteiger partial charge in [0.05, 0.1) is 4.88 Å². The molecule has 1 saturated heterocycles. The second kappa shape index (κ2) is 8.22. The number of amides is 2. The number of aryl methyl sites for hydroxylation is 1. The molecule has 2 amide bonds. The van der Waals surface area contributed by atoms with Crippen molar-refractivity contribution in [2.75, 3.05) is 32.8 Å². The van der Waals surface area contributed by atoms with E-state index in [4.69, 9.17) is 9.84 Å². The van der Waals surface area contributed by atoms with Crippen LogP contribution >= 0.6 is 11.3 Å². The fourth-order valence-electron chi connectivity index (χ4n) is 2.86. The van der Waals surface area contributed by atoms with Gasteiger partial charge in [-0.1, -0.05) is 6.07 Å². The molecular weight excluding hydrogens is 368 g/mol. The summed E-state index contributed by atoms with van der Waals surface area (Å²) in [6, 6.07) is 10.2. The first-order chi connectivity index (χ1) is 12.9. The van der Waals surface area contributed by atoms with Crippen molar-refractivity contribution >= 4 is 29.1 Å². The number of carbonyl (C=O) groups excluding carboxylic acids is 2. The number of thiophene rings is 1. The molecule has 1 fully saturated rings. The Morgan fingerprint density at radius 3 is 2.30 bits per heavy atom. The van der Waals surface area contributed by atoms with Crippen LogP contribution in [0, 0.1) is 6.92 Å². The molecule has 0 aliphatic carbocycles. The van der Waals surface area contributed by atoms with Crippen LogP contribution in [0.3, 0.4) is 0 Å². The monoisotopic (exact) mass is 388 g/mol. The van der Waals surface area contributed by atoms with Gasteiger partial charge < -0.3 is 19.6 Å². The average molecular weight is 388 g/mol. The Bertz CT molecular complexity index is 855. The molecule has 0 saturated carbocycles. The summed E-state index contributed by atoms with van der Waals surface area (Å²) in [6.45, 7) is 3.38. The highest BCUT2D eigenvalue weighted by Gasteiger charge is 2.26. The maximum atomic E-state index is 12.7. The summed E-state index contributed by atoms with van der Waals surface area (Å²) in [4.78, 5) is 41.1. The van der Waals surface area contributed by atoms with Gasteiger partial charge in [0.15, 0.2) is 6.61 Å². The summed E-state index contributed by atoms with van der Waals surface area (Å²) in [6.07, 6.45) is 0. The second-order valence-electron chi connectivity index (χ2n) is 6.20. The first-order valence-corrected chi connectivity index (χ1v) is 9.35. The summed E-state index contributed by atoms with van der Waals surface area (Å²) in [5.41, 5.74) is 0.437. The maximum absolute atomic E-state index is 12.7. The van der Waals surface area contributed by atoms with Crippen LogP contribution in [0.1, 0.15) is 24.9 Å². The number of hydrogen-bond donors (Lipinski definition) is 1. The lowest BCUT2D eigenvalue weighted by molar-refractivity contribution is -0.139. The summed E-state index contributed by atoms with van der Waals surface area (Å²) in [7, 11) is 0. The molecule has 1 aliphatic rings. The zero-order valence-corrected chi connectivity index (χ0v) is 15.7. The van der Waals surface area contributed by atoms with Crippen molar-refractivity contribution in [3.05, 3.63) is 51.7 Å². The summed E-state index contributed by atoms with van der Waals surface area (Å²) in [5.74, 6) is -0.891. The van der Waals surface area contributed by atoms with Gasteiger partial charge in [-0.05, 0) is 37.3 Å². The minimum Gasteiger partial charge on any atom is -0.482 e. The molecule has 27 heavy (non-hydrogen) atoms. The van der Waals surface area contributed by atoms with Crippen LogP contribution in [0.5, 0.6) is 5.75 Å². The van der Waals surface area contributed by atoms with Crippen LogP contribution in [0.4, 0.5) is 0 Å². The van der Waals surface area contributed by atoms with Crippen LogP contribution < -0.4 is 4.74 Å². The Labute approximate surface area is 160 Å². The van der Waals surface area contributed by atoms with Crippen molar-refractivity contribution in [3.8, 4) is 5.75 Å². The number of carbonyl (C=O) groups is 3. The van der Waals surface area contributed by atoms with E-state index >= 15 is 0 Å². The lowest BCUT2D eigenvalue weighted by Crippen LogP contribution is -2.50. The van der Waals surface area contributed by atoms with Gasteiger partial charge in [0.25, 0.3) is 11.8 Å². The van der Waals surface area contributed by atoms with Gasteiger partial charge in [-0.3, -0.25) is 9.59 Å². The normalized spacial score (nSPS) is 14.1. The number of carboxylic acids is 1. The highest BCUT2D eigenvalue weighted by molar-refractivity contribution is 7.13.